The molecule has 4 aromatic rings. The van der Waals surface area contributed by atoms with Gasteiger partial charge in [-0.15, -0.1) is 10.2 Å². The number of fused-ring (bicyclic) bond motifs is 1. The van der Waals surface area contributed by atoms with Crippen molar-refractivity contribution >= 4 is 28.5 Å². The van der Waals surface area contributed by atoms with Crippen LogP contribution in [0.25, 0.3) is 11.0 Å². The van der Waals surface area contributed by atoms with Gasteiger partial charge in [0.2, 0.25) is 0 Å². The van der Waals surface area contributed by atoms with Crippen molar-refractivity contribution in [2.75, 3.05) is 26.1 Å². The first-order valence-corrected chi connectivity index (χ1v) is 10.2. The number of benzene rings is 2. The molecule has 0 atom stereocenters. The maximum absolute atomic E-state index is 6.34. The molecule has 0 aliphatic rings. The normalized spacial score (nSPS) is 11.0. The summed E-state index contributed by atoms with van der Waals surface area (Å²) in [5, 5.41) is 21.3. The maximum atomic E-state index is 6.34. The highest BCUT2D eigenvalue weighted by Crippen LogP contribution is 2.28. The van der Waals surface area contributed by atoms with Gasteiger partial charge in [-0.05, 0) is 42.7 Å². The molecule has 0 radical (unpaired) electrons. The SMILES string of the molecule is COc1ccc(CCNc2nnc(C)c3nnn(Cc4ccccc4Cl)c23)cc1OC. The van der Waals surface area contributed by atoms with E-state index >= 15 is 0 Å². The molecule has 0 saturated heterocycles. The Morgan fingerprint density at radius 3 is 2.58 bits per heavy atom. The van der Waals surface area contributed by atoms with Crippen LogP contribution in [0.2, 0.25) is 5.02 Å². The van der Waals surface area contributed by atoms with Gasteiger partial charge in [0, 0.05) is 11.6 Å². The van der Waals surface area contributed by atoms with Gasteiger partial charge in [-0.3, -0.25) is 0 Å². The Balaban J connectivity index is 1.56. The first kappa shape index (κ1) is 20.9. The van der Waals surface area contributed by atoms with Gasteiger partial charge in [-0.1, -0.05) is 41.1 Å². The quantitative estimate of drug-likeness (QED) is 0.446. The van der Waals surface area contributed by atoms with Crippen LogP contribution in [0.3, 0.4) is 0 Å². The Morgan fingerprint density at radius 1 is 1.00 bits per heavy atom. The third kappa shape index (κ3) is 4.39. The third-order valence-corrected chi connectivity index (χ3v) is 5.40. The van der Waals surface area contributed by atoms with Gasteiger partial charge >= 0.3 is 0 Å². The number of aryl methyl sites for hydroxylation is 1. The fourth-order valence-electron chi connectivity index (χ4n) is 3.39. The molecule has 8 nitrogen and oxygen atoms in total. The average Bonchev–Trinajstić information content (AvgIpc) is 3.21. The number of halogens is 1. The number of anilines is 1. The molecule has 2 aromatic heterocycles. The molecular formula is C22H23ClN6O2. The second-order valence-electron chi connectivity index (χ2n) is 7.04. The van der Waals surface area contributed by atoms with Crippen molar-refractivity contribution in [3.63, 3.8) is 0 Å². The zero-order valence-corrected chi connectivity index (χ0v) is 18.3. The number of rotatable bonds is 8. The molecule has 0 amide bonds. The zero-order valence-electron chi connectivity index (χ0n) is 17.6. The van der Waals surface area contributed by atoms with Crippen molar-refractivity contribution in [2.45, 2.75) is 19.9 Å². The minimum absolute atomic E-state index is 0.492. The van der Waals surface area contributed by atoms with Gasteiger partial charge in [0.1, 0.15) is 11.0 Å². The zero-order chi connectivity index (χ0) is 21.8. The summed E-state index contributed by atoms with van der Waals surface area (Å²) in [7, 11) is 3.26. The number of hydrogen-bond donors (Lipinski definition) is 1. The molecule has 2 aromatic carbocycles. The number of aromatic nitrogens is 5. The summed E-state index contributed by atoms with van der Waals surface area (Å²) in [6.07, 6.45) is 0.767. The molecule has 9 heteroatoms. The minimum Gasteiger partial charge on any atom is -0.493 e. The lowest BCUT2D eigenvalue weighted by molar-refractivity contribution is 0.354. The molecule has 0 bridgehead atoms. The van der Waals surface area contributed by atoms with Gasteiger partial charge in [-0.25, -0.2) is 4.68 Å². The summed E-state index contributed by atoms with van der Waals surface area (Å²) in [4.78, 5) is 0. The lowest BCUT2D eigenvalue weighted by atomic mass is 10.1. The van der Waals surface area contributed by atoms with Crippen LogP contribution in [-0.4, -0.2) is 46.0 Å². The van der Waals surface area contributed by atoms with E-state index in [1.807, 2.05) is 49.4 Å². The third-order valence-electron chi connectivity index (χ3n) is 5.03. The van der Waals surface area contributed by atoms with E-state index in [2.05, 4.69) is 25.8 Å². The Kier molecular flexibility index (Phi) is 6.18. The molecular weight excluding hydrogens is 416 g/mol. The van der Waals surface area contributed by atoms with Crippen molar-refractivity contribution in [2.24, 2.45) is 0 Å². The molecule has 0 fully saturated rings. The van der Waals surface area contributed by atoms with Crippen molar-refractivity contribution in [3.05, 3.63) is 64.3 Å². The second kappa shape index (κ2) is 9.18. The number of nitrogens with zero attached hydrogens (tertiary/aromatic N) is 5. The van der Waals surface area contributed by atoms with E-state index in [4.69, 9.17) is 21.1 Å². The van der Waals surface area contributed by atoms with Crippen LogP contribution >= 0.6 is 11.6 Å². The summed E-state index contributed by atoms with van der Waals surface area (Å²) in [5.41, 5.74) is 4.33. The fourth-order valence-corrected chi connectivity index (χ4v) is 3.59. The number of ether oxygens (including phenoxy) is 2. The van der Waals surface area contributed by atoms with E-state index in [0.29, 0.717) is 35.4 Å². The topological polar surface area (TPSA) is 87.0 Å². The molecule has 1 N–H and O–H groups in total. The molecule has 4 rings (SSSR count). The van der Waals surface area contributed by atoms with Crippen LogP contribution < -0.4 is 14.8 Å². The van der Waals surface area contributed by atoms with E-state index in [0.717, 1.165) is 34.3 Å². The second-order valence-corrected chi connectivity index (χ2v) is 7.44. The molecule has 2 heterocycles. The van der Waals surface area contributed by atoms with Crippen LogP contribution in [0.5, 0.6) is 11.5 Å². The number of methoxy groups -OCH3 is 2. The molecule has 0 aliphatic heterocycles. The smallest absolute Gasteiger partial charge is 0.176 e. The van der Waals surface area contributed by atoms with Gasteiger partial charge in [-0.2, -0.15) is 5.10 Å². The molecule has 160 valence electrons. The predicted molar refractivity (Wildman–Crippen MR) is 120 cm³/mol. The van der Waals surface area contributed by atoms with Gasteiger partial charge < -0.3 is 14.8 Å². The molecule has 0 unspecified atom stereocenters. The highest BCUT2D eigenvalue weighted by molar-refractivity contribution is 6.31. The summed E-state index contributed by atoms with van der Waals surface area (Å²) >= 11 is 6.34. The Hall–Kier alpha value is -3.39. The lowest BCUT2D eigenvalue weighted by Gasteiger charge is -2.11. The largest absolute Gasteiger partial charge is 0.493 e. The Labute approximate surface area is 185 Å². The van der Waals surface area contributed by atoms with Gasteiger partial charge in [0.05, 0.1) is 26.5 Å². The highest BCUT2D eigenvalue weighted by Gasteiger charge is 2.16. The molecule has 0 aliphatic carbocycles. The standard InChI is InChI=1S/C22H23ClN6O2/c1-14-20-21(29(28-26-20)13-16-6-4-5-7-17(16)23)22(27-25-14)24-11-10-15-8-9-18(30-2)19(12-15)31-3/h4-9,12H,10-11,13H2,1-3H3,(H,24,27). The maximum Gasteiger partial charge on any atom is 0.176 e. The Bertz CT molecular complexity index is 1210. The number of nitrogens with one attached hydrogen (secondary N) is 1. The predicted octanol–water partition coefficient (Wildman–Crippen LogP) is 3.90. The molecule has 0 spiro atoms. The summed E-state index contributed by atoms with van der Waals surface area (Å²) in [6, 6.07) is 13.6. The van der Waals surface area contributed by atoms with Crippen molar-refractivity contribution in [1.82, 2.24) is 25.2 Å². The summed E-state index contributed by atoms with van der Waals surface area (Å²) in [5.74, 6) is 2.05. The van der Waals surface area contributed by atoms with Crippen LogP contribution in [0.15, 0.2) is 42.5 Å². The van der Waals surface area contributed by atoms with E-state index in [1.165, 1.54) is 0 Å². The summed E-state index contributed by atoms with van der Waals surface area (Å²) < 4.78 is 12.5. The first-order chi connectivity index (χ1) is 15.1. The lowest BCUT2D eigenvalue weighted by Crippen LogP contribution is -2.11. The average molecular weight is 439 g/mol. The fraction of sp³-hybridized carbons (Fsp3) is 0.273. The summed E-state index contributed by atoms with van der Waals surface area (Å²) in [6.45, 7) is 3.02. The van der Waals surface area contributed by atoms with E-state index in [1.54, 1.807) is 18.9 Å². The van der Waals surface area contributed by atoms with Crippen molar-refractivity contribution < 1.29 is 9.47 Å². The van der Waals surface area contributed by atoms with Crippen LogP contribution in [0.4, 0.5) is 5.82 Å². The van der Waals surface area contributed by atoms with Crippen molar-refractivity contribution in [3.8, 4) is 11.5 Å². The Morgan fingerprint density at radius 2 is 1.81 bits per heavy atom. The van der Waals surface area contributed by atoms with Gasteiger partial charge in [0.25, 0.3) is 0 Å². The van der Waals surface area contributed by atoms with E-state index in [-0.39, 0.29) is 0 Å². The van der Waals surface area contributed by atoms with Gasteiger partial charge in [0.15, 0.2) is 17.3 Å². The van der Waals surface area contributed by atoms with Crippen LogP contribution in [-0.2, 0) is 13.0 Å². The monoisotopic (exact) mass is 438 g/mol. The number of hydrogen-bond acceptors (Lipinski definition) is 7. The van der Waals surface area contributed by atoms with Crippen LogP contribution in [0, 0.1) is 6.92 Å². The highest BCUT2D eigenvalue weighted by atomic mass is 35.5. The van der Waals surface area contributed by atoms with Crippen LogP contribution in [0.1, 0.15) is 16.8 Å². The van der Waals surface area contributed by atoms with E-state index < -0.39 is 0 Å². The first-order valence-electron chi connectivity index (χ1n) is 9.85. The molecule has 0 saturated carbocycles. The molecule has 31 heavy (non-hydrogen) atoms. The van der Waals surface area contributed by atoms with E-state index in [9.17, 15) is 0 Å². The van der Waals surface area contributed by atoms with Crippen molar-refractivity contribution in [1.29, 1.82) is 0 Å². The minimum atomic E-state index is 0.492.